The highest BCUT2D eigenvalue weighted by molar-refractivity contribution is 9.10. The molecular weight excluding hydrogens is 286 g/mol. The first kappa shape index (κ1) is 12.1. The van der Waals surface area contributed by atoms with Crippen LogP contribution >= 0.6 is 15.9 Å². The van der Waals surface area contributed by atoms with Crippen LogP contribution < -0.4 is 10.1 Å². The fourth-order valence-corrected chi connectivity index (χ4v) is 2.09. The molecule has 0 unspecified atom stereocenters. The molecule has 17 heavy (non-hydrogen) atoms. The summed E-state index contributed by atoms with van der Waals surface area (Å²) in [6.45, 7) is 0. The van der Waals surface area contributed by atoms with Crippen LogP contribution in [0, 0.1) is 5.92 Å². The number of amides is 1. The van der Waals surface area contributed by atoms with Gasteiger partial charge in [-0.25, -0.2) is 0 Å². The van der Waals surface area contributed by atoms with Crippen LogP contribution in [-0.2, 0) is 9.59 Å². The minimum absolute atomic E-state index is 0.101. The van der Waals surface area contributed by atoms with Crippen LogP contribution in [0.25, 0.3) is 0 Å². The van der Waals surface area contributed by atoms with Crippen molar-refractivity contribution in [2.45, 2.75) is 12.8 Å². The molecule has 1 aliphatic carbocycles. The third-order valence-electron chi connectivity index (χ3n) is 2.75. The molecule has 0 saturated heterocycles. The number of anilines is 1. The van der Waals surface area contributed by atoms with Gasteiger partial charge in [0, 0.05) is 17.3 Å². The summed E-state index contributed by atoms with van der Waals surface area (Å²) < 4.78 is 5.82. The maximum absolute atomic E-state index is 11.7. The van der Waals surface area contributed by atoms with Gasteiger partial charge in [-0.1, -0.05) is 0 Å². The molecular formula is C12H12BrNO3. The molecule has 4 nitrogen and oxygen atoms in total. The monoisotopic (exact) mass is 297 g/mol. The highest BCUT2D eigenvalue weighted by atomic mass is 79.9. The van der Waals surface area contributed by atoms with E-state index in [0.717, 1.165) is 4.47 Å². The van der Waals surface area contributed by atoms with Gasteiger partial charge < -0.3 is 10.1 Å². The number of methoxy groups -OCH3 is 1. The molecule has 1 aliphatic rings. The molecule has 1 fully saturated rings. The molecule has 2 rings (SSSR count). The summed E-state index contributed by atoms with van der Waals surface area (Å²) in [6, 6.07) is 5.31. The van der Waals surface area contributed by atoms with Crippen LogP contribution in [0.4, 0.5) is 5.69 Å². The van der Waals surface area contributed by atoms with Gasteiger partial charge in [0.2, 0.25) is 5.91 Å². The lowest BCUT2D eigenvalue weighted by Crippen LogP contribution is -2.34. The van der Waals surface area contributed by atoms with Crippen molar-refractivity contribution in [2.75, 3.05) is 12.4 Å². The second kappa shape index (κ2) is 4.87. The van der Waals surface area contributed by atoms with Crippen LogP contribution in [0.1, 0.15) is 12.8 Å². The topological polar surface area (TPSA) is 55.4 Å². The van der Waals surface area contributed by atoms with E-state index in [1.807, 2.05) is 0 Å². The van der Waals surface area contributed by atoms with Crippen molar-refractivity contribution in [1.82, 2.24) is 0 Å². The van der Waals surface area contributed by atoms with E-state index in [-0.39, 0.29) is 17.6 Å². The van der Waals surface area contributed by atoms with E-state index in [9.17, 15) is 9.59 Å². The molecule has 0 aliphatic heterocycles. The Hall–Kier alpha value is -1.36. The molecule has 0 atom stereocenters. The summed E-state index contributed by atoms with van der Waals surface area (Å²) in [6.07, 6.45) is 0.721. The smallest absolute Gasteiger partial charge is 0.228 e. The lowest BCUT2D eigenvalue weighted by atomic mass is 9.83. The Balaban J connectivity index is 2.03. The SMILES string of the molecule is COc1ccc(NC(=O)C2CC(=O)C2)c(Br)c1. The summed E-state index contributed by atoms with van der Waals surface area (Å²) in [4.78, 5) is 22.5. The normalized spacial score (nSPS) is 15.3. The number of carbonyl (C=O) groups is 2. The number of Topliss-reactive ketones (excluding diaryl/α,β-unsaturated/α-hetero) is 1. The van der Waals surface area contributed by atoms with E-state index in [0.29, 0.717) is 24.3 Å². The van der Waals surface area contributed by atoms with Gasteiger partial charge in [-0.2, -0.15) is 0 Å². The molecule has 1 N–H and O–H groups in total. The lowest BCUT2D eigenvalue weighted by molar-refractivity contribution is -0.135. The first-order valence-corrected chi connectivity index (χ1v) is 6.05. The number of ether oxygens (including phenoxy) is 1. The Morgan fingerprint density at radius 2 is 2.18 bits per heavy atom. The Morgan fingerprint density at radius 3 is 2.71 bits per heavy atom. The van der Waals surface area contributed by atoms with Crippen LogP contribution in [0.5, 0.6) is 5.75 Å². The molecule has 0 spiro atoms. The van der Waals surface area contributed by atoms with Crippen LogP contribution in [-0.4, -0.2) is 18.8 Å². The highest BCUT2D eigenvalue weighted by Crippen LogP contribution is 2.29. The Morgan fingerprint density at radius 1 is 1.47 bits per heavy atom. The minimum atomic E-state index is -0.170. The predicted octanol–water partition coefficient (Wildman–Crippen LogP) is 2.38. The Labute approximate surface area is 107 Å². The Bertz CT molecular complexity index is 465. The molecule has 0 radical (unpaired) electrons. The molecule has 0 bridgehead atoms. The maximum atomic E-state index is 11.7. The van der Waals surface area contributed by atoms with Crippen molar-refractivity contribution in [3.05, 3.63) is 22.7 Å². The molecule has 0 heterocycles. The highest BCUT2D eigenvalue weighted by Gasteiger charge is 2.32. The van der Waals surface area contributed by atoms with E-state index >= 15 is 0 Å². The number of ketones is 1. The van der Waals surface area contributed by atoms with Gasteiger partial charge in [0.1, 0.15) is 11.5 Å². The molecule has 1 amide bonds. The van der Waals surface area contributed by atoms with Gasteiger partial charge in [-0.05, 0) is 34.1 Å². The lowest BCUT2D eigenvalue weighted by Gasteiger charge is -2.23. The molecule has 1 saturated carbocycles. The van der Waals surface area contributed by atoms with Gasteiger partial charge in [-0.3, -0.25) is 9.59 Å². The van der Waals surface area contributed by atoms with Gasteiger partial charge in [0.05, 0.1) is 18.7 Å². The van der Waals surface area contributed by atoms with E-state index in [2.05, 4.69) is 21.2 Å². The average molecular weight is 298 g/mol. The standard InChI is InChI=1S/C12H12BrNO3/c1-17-9-2-3-11(10(13)6-9)14-12(16)7-4-8(15)5-7/h2-3,6-7H,4-5H2,1H3,(H,14,16). The number of benzene rings is 1. The minimum Gasteiger partial charge on any atom is -0.497 e. The first-order chi connectivity index (χ1) is 8.10. The fourth-order valence-electron chi connectivity index (χ4n) is 1.63. The van der Waals surface area contributed by atoms with E-state index < -0.39 is 0 Å². The fraction of sp³-hybridized carbons (Fsp3) is 0.333. The largest absolute Gasteiger partial charge is 0.497 e. The van der Waals surface area contributed by atoms with Crippen LogP contribution in [0.15, 0.2) is 22.7 Å². The average Bonchev–Trinajstić information content (AvgIpc) is 2.27. The van der Waals surface area contributed by atoms with Crippen LogP contribution in [0.3, 0.4) is 0 Å². The van der Waals surface area contributed by atoms with Gasteiger partial charge in [-0.15, -0.1) is 0 Å². The van der Waals surface area contributed by atoms with Gasteiger partial charge in [0.15, 0.2) is 0 Å². The summed E-state index contributed by atoms with van der Waals surface area (Å²) in [5.74, 6) is 0.597. The van der Waals surface area contributed by atoms with Gasteiger partial charge >= 0.3 is 0 Å². The van der Waals surface area contributed by atoms with Crippen molar-refractivity contribution >= 4 is 33.3 Å². The predicted molar refractivity (Wildman–Crippen MR) is 67.1 cm³/mol. The van der Waals surface area contributed by atoms with Crippen molar-refractivity contribution in [3.8, 4) is 5.75 Å². The number of rotatable bonds is 3. The zero-order chi connectivity index (χ0) is 12.4. The summed E-state index contributed by atoms with van der Waals surface area (Å²) in [7, 11) is 1.58. The molecule has 90 valence electrons. The van der Waals surface area contributed by atoms with Crippen molar-refractivity contribution in [3.63, 3.8) is 0 Å². The maximum Gasteiger partial charge on any atom is 0.228 e. The number of hydrogen-bond acceptors (Lipinski definition) is 3. The third-order valence-corrected chi connectivity index (χ3v) is 3.41. The summed E-state index contributed by atoms with van der Waals surface area (Å²) in [5.41, 5.74) is 0.690. The van der Waals surface area contributed by atoms with E-state index in [4.69, 9.17) is 4.74 Å². The molecule has 0 aromatic heterocycles. The first-order valence-electron chi connectivity index (χ1n) is 5.26. The van der Waals surface area contributed by atoms with E-state index in [1.165, 1.54) is 0 Å². The van der Waals surface area contributed by atoms with Crippen molar-refractivity contribution in [1.29, 1.82) is 0 Å². The zero-order valence-electron chi connectivity index (χ0n) is 9.33. The molecule has 1 aromatic carbocycles. The van der Waals surface area contributed by atoms with Crippen molar-refractivity contribution < 1.29 is 14.3 Å². The molecule has 1 aromatic rings. The van der Waals surface area contributed by atoms with Crippen LogP contribution in [0.2, 0.25) is 0 Å². The second-order valence-electron chi connectivity index (χ2n) is 3.98. The molecule has 5 heteroatoms. The number of halogens is 1. The summed E-state index contributed by atoms with van der Waals surface area (Å²) >= 11 is 3.36. The second-order valence-corrected chi connectivity index (χ2v) is 4.83. The van der Waals surface area contributed by atoms with Gasteiger partial charge in [0.25, 0.3) is 0 Å². The third kappa shape index (κ3) is 2.66. The Kier molecular flexibility index (Phi) is 3.47. The van der Waals surface area contributed by atoms with Crippen molar-refractivity contribution in [2.24, 2.45) is 5.92 Å². The summed E-state index contributed by atoms with van der Waals surface area (Å²) in [5, 5.41) is 2.79. The number of carbonyl (C=O) groups excluding carboxylic acids is 2. The quantitative estimate of drug-likeness (QED) is 0.932. The zero-order valence-corrected chi connectivity index (χ0v) is 10.9. The number of hydrogen-bond donors (Lipinski definition) is 1. The van der Waals surface area contributed by atoms with E-state index in [1.54, 1.807) is 25.3 Å². The number of nitrogens with one attached hydrogen (secondary N) is 1.